The second-order valence-electron chi connectivity index (χ2n) is 7.88. The van der Waals surface area contributed by atoms with Crippen LogP contribution in [-0.4, -0.2) is 35.2 Å². The Balaban J connectivity index is 1.63. The minimum atomic E-state index is -0.439. The number of hydrogen-bond acceptors (Lipinski definition) is 3. The molecule has 4 nitrogen and oxygen atoms in total. The molecule has 4 rings (SSSR count). The molecular formula is C23H26ClNO3. The van der Waals surface area contributed by atoms with Gasteiger partial charge in [-0.05, 0) is 61.1 Å². The van der Waals surface area contributed by atoms with Crippen LogP contribution in [0.5, 0.6) is 5.75 Å². The van der Waals surface area contributed by atoms with Crippen LogP contribution < -0.4 is 4.74 Å². The van der Waals surface area contributed by atoms with Gasteiger partial charge in [0.25, 0.3) is 5.91 Å². The van der Waals surface area contributed by atoms with E-state index in [1.807, 2.05) is 42.2 Å². The molecular weight excluding hydrogens is 374 g/mol. The van der Waals surface area contributed by atoms with Crippen LogP contribution in [0.3, 0.4) is 0 Å². The number of hydrogen-bond donors (Lipinski definition) is 1. The Kier molecular flexibility index (Phi) is 5.35. The summed E-state index contributed by atoms with van der Waals surface area (Å²) in [4.78, 5) is 15.0. The fraction of sp³-hybridized carbons (Fsp3) is 0.435. The van der Waals surface area contributed by atoms with E-state index in [0.717, 1.165) is 53.7 Å². The number of nitrogens with zero attached hydrogens (tertiary/aromatic N) is 1. The average Bonchev–Trinajstić information content (AvgIpc) is 3.03. The summed E-state index contributed by atoms with van der Waals surface area (Å²) in [7, 11) is 1.65. The molecule has 1 N–H and O–H groups in total. The van der Waals surface area contributed by atoms with Gasteiger partial charge in [0, 0.05) is 22.7 Å². The SMILES string of the molecule is COc1ccc(Cc2cc3c(c(Cl)c2C)CN([C@H]2CCCC[C@@H]2O)C3=O)cc1. The average molecular weight is 400 g/mol. The van der Waals surface area contributed by atoms with Crippen LogP contribution in [0, 0.1) is 6.92 Å². The van der Waals surface area contributed by atoms with Crippen LogP contribution in [0.2, 0.25) is 5.02 Å². The molecule has 0 unspecified atom stereocenters. The third-order valence-corrected chi connectivity index (χ3v) is 6.70. The Bertz CT molecular complexity index is 894. The molecule has 1 heterocycles. The van der Waals surface area contributed by atoms with Crippen molar-refractivity contribution in [1.82, 2.24) is 4.90 Å². The van der Waals surface area contributed by atoms with Gasteiger partial charge in [0.1, 0.15) is 5.75 Å². The summed E-state index contributed by atoms with van der Waals surface area (Å²) < 4.78 is 5.22. The standard InChI is InChI=1S/C23H26ClNO3/c1-14-16(11-15-7-9-17(28-2)10-8-15)12-18-19(22(14)24)13-25(23(18)27)20-5-3-4-6-21(20)26/h7-10,12,20-21,26H,3-6,11,13H2,1-2H3/t20-,21-/m0/s1. The Morgan fingerprint density at radius 1 is 1.21 bits per heavy atom. The molecule has 0 radical (unpaired) electrons. The summed E-state index contributed by atoms with van der Waals surface area (Å²) in [5, 5.41) is 11.1. The van der Waals surface area contributed by atoms with Crippen molar-refractivity contribution in [3.8, 4) is 5.75 Å². The first-order chi connectivity index (χ1) is 13.5. The van der Waals surface area contributed by atoms with Crippen molar-refractivity contribution in [2.75, 3.05) is 7.11 Å². The van der Waals surface area contributed by atoms with Crippen LogP contribution in [0.25, 0.3) is 0 Å². The van der Waals surface area contributed by atoms with Crippen molar-refractivity contribution in [2.45, 2.75) is 57.7 Å². The van der Waals surface area contributed by atoms with Crippen LogP contribution in [0.4, 0.5) is 0 Å². The van der Waals surface area contributed by atoms with E-state index in [1.165, 1.54) is 0 Å². The lowest BCUT2D eigenvalue weighted by Gasteiger charge is -2.35. The zero-order chi connectivity index (χ0) is 19.8. The van der Waals surface area contributed by atoms with Crippen molar-refractivity contribution >= 4 is 17.5 Å². The maximum atomic E-state index is 13.1. The number of carbonyl (C=O) groups excluding carboxylic acids is 1. The Morgan fingerprint density at radius 2 is 1.93 bits per heavy atom. The number of benzene rings is 2. The van der Waals surface area contributed by atoms with E-state index in [-0.39, 0.29) is 11.9 Å². The third-order valence-electron chi connectivity index (χ3n) is 6.19. The second kappa shape index (κ2) is 7.76. The highest BCUT2D eigenvalue weighted by atomic mass is 35.5. The van der Waals surface area contributed by atoms with Gasteiger partial charge >= 0.3 is 0 Å². The first-order valence-corrected chi connectivity index (χ1v) is 10.3. The molecule has 0 spiro atoms. The molecule has 5 heteroatoms. The van der Waals surface area contributed by atoms with Gasteiger partial charge in [-0.25, -0.2) is 0 Å². The maximum absolute atomic E-state index is 13.1. The molecule has 1 amide bonds. The van der Waals surface area contributed by atoms with E-state index in [4.69, 9.17) is 16.3 Å². The van der Waals surface area contributed by atoms with Gasteiger partial charge < -0.3 is 14.7 Å². The molecule has 0 saturated heterocycles. The molecule has 1 fully saturated rings. The predicted molar refractivity (Wildman–Crippen MR) is 110 cm³/mol. The molecule has 1 aliphatic heterocycles. The number of fused-ring (bicyclic) bond motifs is 1. The zero-order valence-corrected chi connectivity index (χ0v) is 17.1. The fourth-order valence-corrected chi connectivity index (χ4v) is 4.75. The molecule has 1 saturated carbocycles. The summed E-state index contributed by atoms with van der Waals surface area (Å²) >= 11 is 6.70. The van der Waals surface area contributed by atoms with Crippen molar-refractivity contribution in [3.63, 3.8) is 0 Å². The van der Waals surface area contributed by atoms with Gasteiger partial charge in [0.05, 0.1) is 19.3 Å². The largest absolute Gasteiger partial charge is 0.497 e. The van der Waals surface area contributed by atoms with Gasteiger partial charge in [-0.3, -0.25) is 4.79 Å². The molecule has 148 valence electrons. The Hall–Kier alpha value is -2.04. The van der Waals surface area contributed by atoms with Gasteiger partial charge in [-0.15, -0.1) is 0 Å². The first-order valence-electron chi connectivity index (χ1n) is 9.92. The number of rotatable bonds is 4. The van der Waals surface area contributed by atoms with Gasteiger partial charge in [-0.2, -0.15) is 0 Å². The molecule has 1 aliphatic carbocycles. The number of methoxy groups -OCH3 is 1. The van der Waals surface area contributed by atoms with Crippen molar-refractivity contribution in [1.29, 1.82) is 0 Å². The Labute approximate surface area is 171 Å². The molecule has 2 aromatic rings. The van der Waals surface area contributed by atoms with E-state index in [9.17, 15) is 9.90 Å². The van der Waals surface area contributed by atoms with Crippen LogP contribution in [0.15, 0.2) is 30.3 Å². The highest BCUT2D eigenvalue weighted by Crippen LogP contribution is 2.37. The van der Waals surface area contributed by atoms with Gasteiger partial charge in [0.15, 0.2) is 0 Å². The summed E-state index contributed by atoms with van der Waals surface area (Å²) in [6.07, 6.45) is 3.97. The second-order valence-corrected chi connectivity index (χ2v) is 8.26. The molecule has 2 aliphatic rings. The van der Waals surface area contributed by atoms with E-state index in [0.29, 0.717) is 23.6 Å². The first kappa shape index (κ1) is 19.3. The lowest BCUT2D eigenvalue weighted by Crippen LogP contribution is -2.45. The number of aliphatic hydroxyl groups is 1. The number of carbonyl (C=O) groups is 1. The highest BCUT2D eigenvalue weighted by Gasteiger charge is 2.38. The minimum Gasteiger partial charge on any atom is -0.497 e. The lowest BCUT2D eigenvalue weighted by atomic mass is 9.91. The van der Waals surface area contributed by atoms with E-state index < -0.39 is 6.10 Å². The Morgan fingerprint density at radius 3 is 2.61 bits per heavy atom. The quantitative estimate of drug-likeness (QED) is 0.823. The van der Waals surface area contributed by atoms with Crippen LogP contribution >= 0.6 is 11.6 Å². The number of halogens is 1. The van der Waals surface area contributed by atoms with Crippen molar-refractivity contribution < 1.29 is 14.6 Å². The third kappa shape index (κ3) is 3.40. The molecule has 2 atom stereocenters. The maximum Gasteiger partial charge on any atom is 0.254 e. The lowest BCUT2D eigenvalue weighted by molar-refractivity contribution is 0.0191. The molecule has 0 aromatic heterocycles. The minimum absolute atomic E-state index is 0.00108. The predicted octanol–water partition coefficient (Wildman–Crippen LogP) is 4.51. The van der Waals surface area contributed by atoms with E-state index >= 15 is 0 Å². The van der Waals surface area contributed by atoms with E-state index in [2.05, 4.69) is 0 Å². The summed E-state index contributed by atoms with van der Waals surface area (Å²) in [5.41, 5.74) is 4.82. The zero-order valence-electron chi connectivity index (χ0n) is 16.4. The van der Waals surface area contributed by atoms with Crippen LogP contribution in [-0.2, 0) is 13.0 Å². The smallest absolute Gasteiger partial charge is 0.254 e. The fourth-order valence-electron chi connectivity index (χ4n) is 4.47. The molecule has 0 bridgehead atoms. The summed E-state index contributed by atoms with van der Waals surface area (Å²) in [5.74, 6) is 0.822. The van der Waals surface area contributed by atoms with Gasteiger partial charge in [-0.1, -0.05) is 36.6 Å². The molecule has 28 heavy (non-hydrogen) atoms. The number of amides is 1. The van der Waals surface area contributed by atoms with Crippen molar-refractivity contribution in [2.24, 2.45) is 0 Å². The van der Waals surface area contributed by atoms with Crippen molar-refractivity contribution in [3.05, 3.63) is 63.2 Å². The van der Waals surface area contributed by atoms with E-state index in [1.54, 1.807) is 7.11 Å². The summed E-state index contributed by atoms with van der Waals surface area (Å²) in [6.45, 7) is 2.52. The highest BCUT2D eigenvalue weighted by molar-refractivity contribution is 6.33. The number of aliphatic hydroxyl groups excluding tert-OH is 1. The molecule has 2 aromatic carbocycles. The van der Waals surface area contributed by atoms with Gasteiger partial charge in [0.2, 0.25) is 0 Å². The normalized spacial score (nSPS) is 21.7. The monoisotopic (exact) mass is 399 g/mol. The van der Waals surface area contributed by atoms with Crippen LogP contribution in [0.1, 0.15) is 58.3 Å². The summed E-state index contributed by atoms with van der Waals surface area (Å²) in [6, 6.07) is 9.85. The topological polar surface area (TPSA) is 49.8 Å². The number of ether oxygens (including phenoxy) is 1.